The van der Waals surface area contributed by atoms with E-state index in [2.05, 4.69) is 156 Å². The summed E-state index contributed by atoms with van der Waals surface area (Å²) in [4.78, 5) is 0. The molecule has 0 aliphatic carbocycles. The first-order valence-corrected chi connectivity index (χ1v) is 21.7. The van der Waals surface area contributed by atoms with Crippen molar-refractivity contribution in [3.05, 3.63) is 145 Å². The standard InChI is InChI=1S/C23H26N2O2.C21H30O2Si/c1-26-22(24-16-14-18-8-3-5-10-20(18)24)12-7-13-23(27-2)25-17-15-19-9-4-6-11-21(19)25;1-22-20(18-12-7-5-8-13-18)16-11-17-21(23-24(2,3)4)19-14-9-6-10-15-19/h3-6,8-11,14-17,22-23H,7,12-13H2,1-2H3;5-10,12-15,20-21H,11,16-17H2,1-4H3. The second-order valence-electron chi connectivity index (χ2n) is 14.1. The highest BCUT2D eigenvalue weighted by atomic mass is 28.4. The molecule has 0 saturated heterocycles. The number of methoxy groups -OCH3 is 3. The minimum Gasteiger partial charge on any atom is -0.411 e. The Morgan fingerprint density at radius 2 is 0.882 bits per heavy atom. The van der Waals surface area contributed by atoms with Crippen LogP contribution >= 0.6 is 0 Å². The summed E-state index contributed by atoms with van der Waals surface area (Å²) in [5.74, 6) is 0. The number of hydrogen-bond donors (Lipinski definition) is 0. The zero-order valence-corrected chi connectivity index (χ0v) is 32.3. The zero-order valence-electron chi connectivity index (χ0n) is 31.3. The summed E-state index contributed by atoms with van der Waals surface area (Å²) >= 11 is 0. The van der Waals surface area contributed by atoms with Gasteiger partial charge in [-0.15, -0.1) is 0 Å². The molecule has 0 radical (unpaired) electrons. The van der Waals surface area contributed by atoms with Gasteiger partial charge in [-0.05, 0) is 104 Å². The van der Waals surface area contributed by atoms with Gasteiger partial charge in [0.15, 0.2) is 8.32 Å². The van der Waals surface area contributed by atoms with E-state index >= 15 is 0 Å². The highest BCUT2D eigenvalue weighted by molar-refractivity contribution is 6.69. The molecular weight excluding hydrogens is 649 g/mol. The van der Waals surface area contributed by atoms with Crippen molar-refractivity contribution in [1.82, 2.24) is 9.13 Å². The van der Waals surface area contributed by atoms with Crippen LogP contribution in [0.5, 0.6) is 0 Å². The normalized spacial score (nSPS) is 14.2. The van der Waals surface area contributed by atoms with Crippen molar-refractivity contribution in [2.24, 2.45) is 0 Å². The quantitative estimate of drug-likeness (QED) is 0.0887. The van der Waals surface area contributed by atoms with E-state index in [1.165, 1.54) is 32.9 Å². The van der Waals surface area contributed by atoms with Crippen molar-refractivity contribution in [2.45, 2.75) is 82.8 Å². The molecule has 0 aliphatic heterocycles. The van der Waals surface area contributed by atoms with Gasteiger partial charge in [-0.1, -0.05) is 97.1 Å². The lowest BCUT2D eigenvalue weighted by atomic mass is 9.99. The first-order valence-electron chi connectivity index (χ1n) is 18.3. The van der Waals surface area contributed by atoms with Gasteiger partial charge < -0.3 is 27.8 Å². The monoisotopic (exact) mass is 704 g/mol. The van der Waals surface area contributed by atoms with Crippen LogP contribution in [0.2, 0.25) is 19.6 Å². The highest BCUT2D eigenvalue weighted by Crippen LogP contribution is 2.31. The molecule has 0 fully saturated rings. The molecule has 0 saturated carbocycles. The lowest BCUT2D eigenvalue weighted by Crippen LogP contribution is -2.28. The molecule has 6 aromatic rings. The van der Waals surface area contributed by atoms with Gasteiger partial charge in [-0.2, -0.15) is 0 Å². The van der Waals surface area contributed by atoms with Crippen LogP contribution in [0, 0.1) is 0 Å². The van der Waals surface area contributed by atoms with Gasteiger partial charge >= 0.3 is 0 Å². The Morgan fingerprint density at radius 1 is 0.471 bits per heavy atom. The van der Waals surface area contributed by atoms with E-state index in [1.54, 1.807) is 21.3 Å². The predicted octanol–water partition coefficient (Wildman–Crippen LogP) is 11.9. The van der Waals surface area contributed by atoms with Crippen molar-refractivity contribution < 1.29 is 18.6 Å². The molecule has 4 atom stereocenters. The number of nitrogens with zero attached hydrogens (tertiary/aromatic N) is 2. The molecule has 2 aromatic heterocycles. The van der Waals surface area contributed by atoms with Crippen LogP contribution in [0.3, 0.4) is 0 Å². The minimum atomic E-state index is -1.58. The third kappa shape index (κ3) is 10.8. The summed E-state index contributed by atoms with van der Waals surface area (Å²) in [6, 6.07) is 42.2. The lowest BCUT2D eigenvalue weighted by molar-refractivity contribution is 0.0164. The summed E-state index contributed by atoms with van der Waals surface area (Å²) in [7, 11) is 3.78. The van der Waals surface area contributed by atoms with E-state index in [1.807, 2.05) is 6.07 Å². The van der Waals surface area contributed by atoms with Gasteiger partial charge in [0, 0.05) is 33.7 Å². The number of hydrogen-bond acceptors (Lipinski definition) is 4. The fraction of sp³-hybridized carbons (Fsp3) is 0.364. The van der Waals surface area contributed by atoms with E-state index in [-0.39, 0.29) is 24.7 Å². The molecule has 7 heteroatoms. The summed E-state index contributed by atoms with van der Waals surface area (Å²) in [5.41, 5.74) is 4.96. The Hall–Kier alpha value is -3.98. The van der Waals surface area contributed by atoms with E-state index in [4.69, 9.17) is 18.6 Å². The summed E-state index contributed by atoms with van der Waals surface area (Å²) in [6.45, 7) is 6.76. The van der Waals surface area contributed by atoms with Crippen molar-refractivity contribution in [3.8, 4) is 0 Å². The molecule has 0 amide bonds. The number of fused-ring (bicyclic) bond motifs is 2. The van der Waals surface area contributed by atoms with Crippen LogP contribution in [-0.2, 0) is 18.6 Å². The summed E-state index contributed by atoms with van der Waals surface area (Å²) < 4.78 is 28.2. The van der Waals surface area contributed by atoms with Crippen LogP contribution < -0.4 is 0 Å². The maximum atomic E-state index is 6.44. The highest BCUT2D eigenvalue weighted by Gasteiger charge is 2.23. The minimum absolute atomic E-state index is 0.0313. The average Bonchev–Trinajstić information content (AvgIpc) is 3.79. The molecule has 0 aliphatic rings. The van der Waals surface area contributed by atoms with E-state index in [0.29, 0.717) is 0 Å². The SMILES string of the molecule is COC(CCCC(OC)n1ccc2ccccc21)n1ccc2ccccc21.COC(CCCC(O[Si](C)(C)C)c1ccccc1)c1ccccc1. The van der Waals surface area contributed by atoms with Gasteiger partial charge in [0.2, 0.25) is 0 Å². The van der Waals surface area contributed by atoms with Gasteiger partial charge in [0.05, 0.1) is 23.2 Å². The number of rotatable bonds is 17. The zero-order chi connectivity index (χ0) is 36.1. The smallest absolute Gasteiger partial charge is 0.184 e. The van der Waals surface area contributed by atoms with Gasteiger partial charge in [0.1, 0.15) is 12.5 Å². The third-order valence-corrected chi connectivity index (χ3v) is 10.4. The van der Waals surface area contributed by atoms with Crippen molar-refractivity contribution in [2.75, 3.05) is 21.3 Å². The summed E-state index contributed by atoms with van der Waals surface area (Å²) in [6.07, 6.45) is 10.7. The topological polar surface area (TPSA) is 46.8 Å². The molecule has 6 nitrogen and oxygen atoms in total. The largest absolute Gasteiger partial charge is 0.411 e. The summed E-state index contributed by atoms with van der Waals surface area (Å²) in [5, 5.41) is 2.49. The average molecular weight is 705 g/mol. The van der Waals surface area contributed by atoms with Gasteiger partial charge in [-0.25, -0.2) is 0 Å². The molecule has 4 aromatic carbocycles. The van der Waals surface area contributed by atoms with Crippen LogP contribution in [-0.4, -0.2) is 38.8 Å². The van der Waals surface area contributed by atoms with Crippen LogP contribution in [0.4, 0.5) is 0 Å². The number of benzene rings is 4. The van der Waals surface area contributed by atoms with Crippen LogP contribution in [0.25, 0.3) is 21.8 Å². The van der Waals surface area contributed by atoms with Crippen molar-refractivity contribution >= 4 is 30.1 Å². The van der Waals surface area contributed by atoms with E-state index in [0.717, 1.165) is 38.5 Å². The molecule has 0 spiro atoms. The second kappa shape index (κ2) is 19.0. The first kappa shape index (κ1) is 38.3. The molecule has 0 bridgehead atoms. The van der Waals surface area contributed by atoms with Gasteiger partial charge in [0.25, 0.3) is 0 Å². The fourth-order valence-corrected chi connectivity index (χ4v) is 7.99. The Balaban J connectivity index is 0.000000199. The molecule has 270 valence electrons. The Morgan fingerprint density at radius 3 is 1.33 bits per heavy atom. The molecule has 51 heavy (non-hydrogen) atoms. The molecule has 4 unspecified atom stereocenters. The van der Waals surface area contributed by atoms with E-state index in [9.17, 15) is 0 Å². The predicted molar refractivity (Wildman–Crippen MR) is 213 cm³/mol. The lowest BCUT2D eigenvalue weighted by Gasteiger charge is -2.27. The van der Waals surface area contributed by atoms with Crippen molar-refractivity contribution in [1.29, 1.82) is 0 Å². The first-order chi connectivity index (χ1) is 24.8. The van der Waals surface area contributed by atoms with Crippen LogP contribution in [0.1, 0.15) is 74.3 Å². The number of ether oxygens (including phenoxy) is 3. The molecular formula is C44H56N2O4Si. The maximum Gasteiger partial charge on any atom is 0.184 e. The third-order valence-electron chi connectivity index (χ3n) is 9.38. The molecule has 2 heterocycles. The molecule has 0 N–H and O–H groups in total. The number of para-hydroxylation sites is 2. The Labute approximate surface area is 306 Å². The number of aromatic nitrogens is 2. The molecule has 6 rings (SSSR count). The maximum absolute atomic E-state index is 6.44. The Bertz CT molecular complexity index is 1780. The van der Waals surface area contributed by atoms with E-state index < -0.39 is 8.32 Å². The Kier molecular flexibility index (Phi) is 14.3. The van der Waals surface area contributed by atoms with Crippen LogP contribution in [0.15, 0.2) is 134 Å². The second-order valence-corrected chi connectivity index (χ2v) is 18.5. The van der Waals surface area contributed by atoms with Crippen molar-refractivity contribution in [3.63, 3.8) is 0 Å². The fourth-order valence-electron chi connectivity index (χ4n) is 6.88. The van der Waals surface area contributed by atoms with Gasteiger partial charge in [-0.3, -0.25) is 0 Å².